The van der Waals surface area contributed by atoms with Crippen LogP contribution in [0.5, 0.6) is 0 Å². The molecule has 0 fully saturated rings. The fourth-order valence-corrected chi connectivity index (χ4v) is 1.70. The Labute approximate surface area is 120 Å². The zero-order valence-electron chi connectivity index (χ0n) is 14.3. The van der Waals surface area contributed by atoms with E-state index in [4.69, 9.17) is 5.73 Å². The van der Waals surface area contributed by atoms with Crippen molar-refractivity contribution in [3.63, 3.8) is 0 Å². The summed E-state index contributed by atoms with van der Waals surface area (Å²) >= 11 is 0. The second kappa shape index (κ2) is 5.84. The molecular weight excluding hydrogens is 230 g/mol. The second-order valence-electron chi connectivity index (χ2n) is 7.09. The van der Waals surface area contributed by atoms with Gasteiger partial charge in [0.05, 0.1) is 0 Å². The van der Waals surface area contributed by atoms with E-state index < -0.39 is 0 Å². The lowest BCUT2D eigenvalue weighted by Gasteiger charge is -2.27. The topological polar surface area (TPSA) is 26.0 Å². The van der Waals surface area contributed by atoms with Crippen LogP contribution in [0.4, 0.5) is 0 Å². The van der Waals surface area contributed by atoms with Gasteiger partial charge in [0.25, 0.3) is 0 Å². The van der Waals surface area contributed by atoms with Crippen molar-refractivity contribution in [2.24, 2.45) is 16.6 Å². The summed E-state index contributed by atoms with van der Waals surface area (Å²) in [6, 6.07) is 0. The lowest BCUT2D eigenvalue weighted by atomic mass is 9.77. The molecule has 1 nitrogen and oxygen atoms in total. The van der Waals surface area contributed by atoms with Gasteiger partial charge in [0.1, 0.15) is 0 Å². The van der Waals surface area contributed by atoms with Crippen molar-refractivity contribution >= 4 is 0 Å². The minimum atomic E-state index is -0.0424. The van der Waals surface area contributed by atoms with E-state index >= 15 is 0 Å². The van der Waals surface area contributed by atoms with Gasteiger partial charge in [0.15, 0.2) is 0 Å². The van der Waals surface area contributed by atoms with Gasteiger partial charge in [-0.3, -0.25) is 0 Å². The van der Waals surface area contributed by atoms with Gasteiger partial charge in [0, 0.05) is 16.7 Å². The summed E-state index contributed by atoms with van der Waals surface area (Å²) in [5, 5.41) is 0. The van der Waals surface area contributed by atoms with E-state index in [9.17, 15) is 0 Å². The molecule has 0 saturated heterocycles. The third-order valence-electron chi connectivity index (χ3n) is 4.03. The van der Waals surface area contributed by atoms with Crippen LogP contribution in [-0.4, -0.2) is 0 Å². The number of nitrogens with two attached hydrogens (primary N) is 1. The molecule has 0 aromatic rings. The second-order valence-corrected chi connectivity index (χ2v) is 7.09. The highest BCUT2D eigenvalue weighted by atomic mass is 14.6. The van der Waals surface area contributed by atoms with Crippen molar-refractivity contribution in [1.29, 1.82) is 0 Å². The fourth-order valence-electron chi connectivity index (χ4n) is 1.70. The van der Waals surface area contributed by atoms with Crippen molar-refractivity contribution < 1.29 is 0 Å². The molecule has 0 atom stereocenters. The van der Waals surface area contributed by atoms with Crippen LogP contribution in [-0.2, 0) is 0 Å². The van der Waals surface area contributed by atoms with Crippen molar-refractivity contribution in [2.45, 2.75) is 62.3 Å². The lowest BCUT2D eigenvalue weighted by molar-refractivity contribution is 0.504. The first-order chi connectivity index (χ1) is 8.31. The lowest BCUT2D eigenvalue weighted by Crippen LogP contribution is -2.16. The summed E-state index contributed by atoms with van der Waals surface area (Å²) in [5.41, 5.74) is 15.1. The smallest absolute Gasteiger partial charge is 0.0132 e. The monoisotopic (exact) mass is 261 g/mol. The zero-order valence-corrected chi connectivity index (χ0v) is 14.3. The van der Waals surface area contributed by atoms with Crippen LogP contribution in [0.15, 0.2) is 40.3 Å². The molecule has 0 saturated carbocycles. The number of allylic oxidation sites excluding steroid dienone is 4. The van der Waals surface area contributed by atoms with Gasteiger partial charge in [-0.15, -0.1) is 5.73 Å². The van der Waals surface area contributed by atoms with Gasteiger partial charge in [-0.1, -0.05) is 46.8 Å². The molecule has 0 aromatic carbocycles. The first-order valence-electron chi connectivity index (χ1n) is 6.89. The average molecular weight is 261 g/mol. The summed E-state index contributed by atoms with van der Waals surface area (Å²) in [7, 11) is 0. The summed E-state index contributed by atoms with van der Waals surface area (Å²) in [6.07, 6.45) is 0. The zero-order chi connectivity index (χ0) is 15.6. The van der Waals surface area contributed by atoms with Gasteiger partial charge in [-0.05, 0) is 44.3 Å². The molecule has 1 heteroatoms. The van der Waals surface area contributed by atoms with Crippen molar-refractivity contribution in [1.82, 2.24) is 0 Å². The van der Waals surface area contributed by atoms with Crippen LogP contribution in [0, 0.1) is 10.8 Å². The maximum Gasteiger partial charge on any atom is 0.0132 e. The van der Waals surface area contributed by atoms with Gasteiger partial charge in [-0.25, -0.2) is 0 Å². The quantitative estimate of drug-likeness (QED) is 0.413. The molecule has 0 aliphatic carbocycles. The predicted octanol–water partition coefficient (Wildman–Crippen LogP) is 5.36. The van der Waals surface area contributed by atoms with Crippen LogP contribution in [0.2, 0.25) is 0 Å². The maximum absolute atomic E-state index is 5.97. The largest absolute Gasteiger partial charge is 0.402 e. The number of hydrogen-bond donors (Lipinski definition) is 1. The molecule has 0 heterocycles. The van der Waals surface area contributed by atoms with E-state index in [0.717, 1.165) is 16.8 Å². The molecule has 0 amide bonds. The average Bonchev–Trinajstić information content (AvgIpc) is 2.22. The Bertz CT molecular complexity index is 454. The Balaban J connectivity index is 6.26. The summed E-state index contributed by atoms with van der Waals surface area (Å²) in [4.78, 5) is 0. The van der Waals surface area contributed by atoms with Crippen LogP contribution in [0.3, 0.4) is 0 Å². The molecule has 0 aliphatic heterocycles. The molecule has 0 rings (SSSR count). The highest BCUT2D eigenvalue weighted by Gasteiger charge is 2.24. The Kier molecular flexibility index (Phi) is 5.47. The summed E-state index contributed by atoms with van der Waals surface area (Å²) in [5.74, 6) is 0. The van der Waals surface area contributed by atoms with Crippen LogP contribution in [0.1, 0.15) is 62.3 Å². The maximum atomic E-state index is 5.97. The number of hydrogen-bond acceptors (Lipinski definition) is 1. The Morgan fingerprint density at radius 1 is 0.947 bits per heavy atom. The molecule has 2 N–H and O–H groups in total. The van der Waals surface area contributed by atoms with Crippen molar-refractivity contribution in [3.8, 4) is 0 Å². The molecule has 0 bridgehead atoms. The van der Waals surface area contributed by atoms with Gasteiger partial charge in [0.2, 0.25) is 0 Å². The van der Waals surface area contributed by atoms with Gasteiger partial charge in [-0.2, -0.15) is 0 Å². The van der Waals surface area contributed by atoms with Gasteiger partial charge < -0.3 is 5.73 Å². The minimum Gasteiger partial charge on any atom is -0.402 e. The summed E-state index contributed by atoms with van der Waals surface area (Å²) < 4.78 is 0. The highest BCUT2D eigenvalue weighted by molar-refractivity contribution is 5.38. The molecule has 0 spiro atoms. The third kappa shape index (κ3) is 4.44. The van der Waals surface area contributed by atoms with Gasteiger partial charge >= 0.3 is 0 Å². The Morgan fingerprint density at radius 2 is 1.37 bits per heavy atom. The van der Waals surface area contributed by atoms with E-state index in [2.05, 4.69) is 67.7 Å². The number of rotatable bonds is 3. The molecular formula is C18H31N. The van der Waals surface area contributed by atoms with E-state index in [1.807, 2.05) is 6.92 Å². The van der Waals surface area contributed by atoms with E-state index in [0.29, 0.717) is 0 Å². The first kappa shape index (κ1) is 17.8. The van der Waals surface area contributed by atoms with E-state index in [1.54, 1.807) is 0 Å². The molecule has 0 aliphatic rings. The van der Waals surface area contributed by atoms with E-state index in [-0.39, 0.29) is 10.8 Å². The normalized spacial score (nSPS) is 13.5. The third-order valence-corrected chi connectivity index (χ3v) is 4.03. The highest BCUT2D eigenvalue weighted by Crippen LogP contribution is 2.36. The Hall–Kier alpha value is -1.20. The molecule has 0 radical (unpaired) electrons. The van der Waals surface area contributed by atoms with Crippen LogP contribution < -0.4 is 5.73 Å². The molecule has 19 heavy (non-hydrogen) atoms. The molecule has 0 aromatic heterocycles. The van der Waals surface area contributed by atoms with Crippen molar-refractivity contribution in [2.75, 3.05) is 0 Å². The SMILES string of the molecule is C=C(C)C(C)(C)C(C)=C=C(/C(C)=C(\C)N)C(C)(C)C. The fraction of sp³-hybridized carbons (Fsp3) is 0.611. The first-order valence-corrected chi connectivity index (χ1v) is 6.89. The molecule has 0 unspecified atom stereocenters. The minimum absolute atomic E-state index is 0.0249. The standard InChI is InChI=1S/C18H31N/c1-12(2)18(9,10)13(3)11-16(17(6,7)8)14(4)15(5)19/h1,19H2,2-10H3/b15-14+. The van der Waals surface area contributed by atoms with Crippen molar-refractivity contribution in [3.05, 3.63) is 40.3 Å². The van der Waals surface area contributed by atoms with E-state index in [1.165, 1.54) is 11.1 Å². The van der Waals surface area contributed by atoms with Crippen LogP contribution >= 0.6 is 0 Å². The van der Waals surface area contributed by atoms with Crippen LogP contribution in [0.25, 0.3) is 0 Å². The molecule has 108 valence electrons. The summed E-state index contributed by atoms with van der Waals surface area (Å²) in [6.45, 7) is 23.3. The predicted molar refractivity (Wildman–Crippen MR) is 86.8 cm³/mol. The Morgan fingerprint density at radius 3 is 1.63 bits per heavy atom.